The molecule has 1 heterocycles. The second-order valence-electron chi connectivity index (χ2n) is 8.13. The number of esters is 1. The van der Waals surface area contributed by atoms with Gasteiger partial charge in [0.15, 0.2) is 6.10 Å². The minimum absolute atomic E-state index is 0.383. The number of carbonyl (C=O) groups is 3. The highest BCUT2D eigenvalue weighted by Gasteiger charge is 2.29. The van der Waals surface area contributed by atoms with E-state index < -0.39 is 24.0 Å². The minimum Gasteiger partial charge on any atom is -0.496 e. The van der Waals surface area contributed by atoms with Crippen LogP contribution in [-0.2, 0) is 16.0 Å². The maximum Gasteiger partial charge on any atom is 0.339 e. The molecule has 1 atom stereocenters. The number of urea groups is 1. The molecule has 0 radical (unpaired) electrons. The maximum atomic E-state index is 13.2. The topological polar surface area (TPSA) is 121 Å². The number of primary amides is 1. The van der Waals surface area contributed by atoms with Crippen LogP contribution >= 0.6 is 0 Å². The second-order valence-corrected chi connectivity index (χ2v) is 8.13. The molecule has 3 aromatic rings. The zero-order chi connectivity index (χ0) is 24.4. The van der Waals surface area contributed by atoms with Crippen LogP contribution in [0.2, 0.25) is 0 Å². The number of hydrogen-bond donors (Lipinski definition) is 2. The molecule has 174 valence electrons. The van der Waals surface area contributed by atoms with Crippen LogP contribution in [0.25, 0.3) is 22.6 Å². The average Bonchev–Trinajstić information content (AvgIpc) is 3.18. The molecule has 0 saturated heterocycles. The summed E-state index contributed by atoms with van der Waals surface area (Å²) in [6, 6.07) is 12.3. The number of aromatic nitrogens is 1. The van der Waals surface area contributed by atoms with Gasteiger partial charge in [0.25, 0.3) is 5.91 Å². The van der Waals surface area contributed by atoms with Crippen molar-refractivity contribution in [3.8, 4) is 5.75 Å². The van der Waals surface area contributed by atoms with Gasteiger partial charge < -0.3 is 15.2 Å². The van der Waals surface area contributed by atoms with E-state index in [9.17, 15) is 14.4 Å². The lowest BCUT2D eigenvalue weighted by Crippen LogP contribution is -2.42. The van der Waals surface area contributed by atoms with Crippen molar-refractivity contribution < 1.29 is 23.9 Å². The van der Waals surface area contributed by atoms with Gasteiger partial charge in [0.1, 0.15) is 5.75 Å². The van der Waals surface area contributed by atoms with Gasteiger partial charge in [-0.2, -0.15) is 0 Å². The molecule has 0 spiro atoms. The number of fused-ring (bicyclic) bond motifs is 2. The molecule has 1 unspecified atom stereocenters. The number of benzene rings is 2. The number of aryl methyl sites for hydroxylation is 1. The van der Waals surface area contributed by atoms with Gasteiger partial charge in [-0.05, 0) is 73.2 Å². The summed E-state index contributed by atoms with van der Waals surface area (Å²) in [5, 5.41) is 2.58. The fourth-order valence-corrected chi connectivity index (χ4v) is 4.20. The number of hydrogen-bond acceptors (Lipinski definition) is 6. The average molecular weight is 460 g/mol. The third-order valence-corrected chi connectivity index (χ3v) is 5.81. The summed E-state index contributed by atoms with van der Waals surface area (Å²) in [6.45, 7) is 3.37. The van der Waals surface area contributed by atoms with Crippen LogP contribution in [0.5, 0.6) is 5.75 Å². The van der Waals surface area contributed by atoms with Gasteiger partial charge in [-0.3, -0.25) is 10.1 Å². The summed E-state index contributed by atoms with van der Waals surface area (Å²) in [7, 11) is 1.64. The third kappa shape index (κ3) is 4.47. The molecular formula is C26H25N3O5. The summed E-state index contributed by atoms with van der Waals surface area (Å²) in [5.74, 6) is -0.618. The zero-order valence-electron chi connectivity index (χ0n) is 19.2. The minimum atomic E-state index is -1.19. The summed E-state index contributed by atoms with van der Waals surface area (Å²) >= 11 is 0. The molecule has 0 aliphatic heterocycles. The predicted octanol–water partition coefficient (Wildman–Crippen LogP) is 3.78. The van der Waals surface area contributed by atoms with Gasteiger partial charge >= 0.3 is 12.0 Å². The van der Waals surface area contributed by atoms with Gasteiger partial charge in [0.05, 0.1) is 23.9 Å². The first-order valence-electron chi connectivity index (χ1n) is 10.9. The van der Waals surface area contributed by atoms with Gasteiger partial charge in [0.2, 0.25) is 0 Å². The fourth-order valence-electron chi connectivity index (χ4n) is 4.20. The van der Waals surface area contributed by atoms with E-state index in [0.717, 1.165) is 33.7 Å². The van der Waals surface area contributed by atoms with E-state index in [1.54, 1.807) is 7.11 Å². The van der Waals surface area contributed by atoms with Crippen LogP contribution in [-0.4, -0.2) is 36.1 Å². The smallest absolute Gasteiger partial charge is 0.339 e. The van der Waals surface area contributed by atoms with Crippen LogP contribution in [0.4, 0.5) is 4.79 Å². The molecule has 3 amide bonds. The number of nitrogens with two attached hydrogens (primary N) is 1. The third-order valence-electron chi connectivity index (χ3n) is 5.81. The fraction of sp³-hybridized carbons (Fsp3) is 0.231. The molecule has 3 N–H and O–H groups in total. The number of nitrogens with one attached hydrogen (secondary N) is 1. The molecule has 0 saturated carbocycles. The van der Waals surface area contributed by atoms with Crippen molar-refractivity contribution in [1.29, 1.82) is 0 Å². The highest BCUT2D eigenvalue weighted by atomic mass is 16.5. The van der Waals surface area contributed by atoms with E-state index in [1.807, 2.05) is 54.7 Å². The van der Waals surface area contributed by atoms with Crippen molar-refractivity contribution in [3.05, 3.63) is 70.4 Å². The summed E-state index contributed by atoms with van der Waals surface area (Å²) < 4.78 is 10.8. The quantitative estimate of drug-likeness (QED) is 0.560. The first-order valence-corrected chi connectivity index (χ1v) is 10.9. The number of ether oxygens (including phenoxy) is 2. The SMILES string of the molecule is COc1ccc(/C=C2\CCc3c2nc2ccccc2c3C(=O)OC(C)C(=O)NC(N)=O)cc1C. The number of allylic oxidation sites excluding steroid dienone is 1. The Kier molecular flexibility index (Phi) is 6.32. The Labute approximate surface area is 196 Å². The molecule has 2 aromatic carbocycles. The summed E-state index contributed by atoms with van der Waals surface area (Å²) in [6.07, 6.45) is 2.20. The molecule has 1 aromatic heterocycles. The van der Waals surface area contributed by atoms with Crippen molar-refractivity contribution in [2.75, 3.05) is 7.11 Å². The number of pyridine rings is 1. The first-order chi connectivity index (χ1) is 16.3. The Bertz CT molecular complexity index is 1350. The van der Waals surface area contributed by atoms with E-state index in [-0.39, 0.29) is 0 Å². The van der Waals surface area contributed by atoms with E-state index >= 15 is 0 Å². The number of imide groups is 1. The number of rotatable bonds is 5. The molecule has 0 bridgehead atoms. The lowest BCUT2D eigenvalue weighted by Gasteiger charge is -2.15. The normalized spacial score (nSPS) is 14.5. The summed E-state index contributed by atoms with van der Waals surface area (Å²) in [5.41, 5.74) is 10.6. The molecule has 34 heavy (non-hydrogen) atoms. The number of methoxy groups -OCH3 is 1. The van der Waals surface area contributed by atoms with Crippen LogP contribution < -0.4 is 15.8 Å². The van der Waals surface area contributed by atoms with Crippen LogP contribution in [0.1, 0.15) is 46.1 Å². The monoisotopic (exact) mass is 459 g/mol. The molecule has 1 aliphatic rings. The Balaban J connectivity index is 1.75. The van der Waals surface area contributed by atoms with Gasteiger partial charge in [-0.15, -0.1) is 0 Å². The Morgan fingerprint density at radius 3 is 2.62 bits per heavy atom. The molecular weight excluding hydrogens is 434 g/mol. The molecule has 4 rings (SSSR count). The van der Waals surface area contributed by atoms with Crippen molar-refractivity contribution in [3.63, 3.8) is 0 Å². The Morgan fingerprint density at radius 2 is 1.91 bits per heavy atom. The number of amides is 3. The largest absolute Gasteiger partial charge is 0.496 e. The Morgan fingerprint density at radius 1 is 1.15 bits per heavy atom. The molecule has 0 fully saturated rings. The number of para-hydroxylation sites is 1. The standard InChI is InChI=1S/C26H25N3O5/c1-14-12-16(8-11-21(14)33-3)13-17-9-10-19-22(18-6-4-5-7-20(18)28-23(17)19)25(31)34-15(2)24(30)29-26(27)32/h4-8,11-13,15H,9-10H2,1-3H3,(H3,27,29,30,32)/b17-13+. The van der Waals surface area contributed by atoms with E-state index in [0.29, 0.717) is 29.3 Å². The van der Waals surface area contributed by atoms with Crippen LogP contribution in [0.15, 0.2) is 42.5 Å². The maximum absolute atomic E-state index is 13.2. The van der Waals surface area contributed by atoms with E-state index in [1.165, 1.54) is 6.92 Å². The van der Waals surface area contributed by atoms with Crippen molar-refractivity contribution >= 4 is 40.5 Å². The first kappa shape index (κ1) is 23.0. The van der Waals surface area contributed by atoms with Crippen molar-refractivity contribution in [2.45, 2.75) is 32.8 Å². The highest BCUT2D eigenvalue weighted by Crippen LogP contribution is 2.38. The number of carbonyl (C=O) groups excluding carboxylic acids is 3. The van der Waals surface area contributed by atoms with E-state index in [2.05, 4.69) is 6.08 Å². The summed E-state index contributed by atoms with van der Waals surface area (Å²) in [4.78, 5) is 41.1. The van der Waals surface area contributed by atoms with Crippen LogP contribution in [0, 0.1) is 6.92 Å². The lowest BCUT2D eigenvalue weighted by molar-refractivity contribution is -0.127. The molecule has 1 aliphatic carbocycles. The molecule has 8 heteroatoms. The molecule has 8 nitrogen and oxygen atoms in total. The van der Waals surface area contributed by atoms with E-state index in [4.69, 9.17) is 20.2 Å². The van der Waals surface area contributed by atoms with Crippen LogP contribution in [0.3, 0.4) is 0 Å². The van der Waals surface area contributed by atoms with Gasteiger partial charge in [-0.1, -0.05) is 24.3 Å². The van der Waals surface area contributed by atoms with Gasteiger partial charge in [0, 0.05) is 5.39 Å². The van der Waals surface area contributed by atoms with Crippen molar-refractivity contribution in [2.24, 2.45) is 5.73 Å². The highest BCUT2D eigenvalue weighted by molar-refractivity contribution is 6.08. The lowest BCUT2D eigenvalue weighted by atomic mass is 10.0. The van der Waals surface area contributed by atoms with Crippen molar-refractivity contribution in [1.82, 2.24) is 10.3 Å². The van der Waals surface area contributed by atoms with Gasteiger partial charge in [-0.25, -0.2) is 14.6 Å². The predicted molar refractivity (Wildman–Crippen MR) is 128 cm³/mol. The zero-order valence-corrected chi connectivity index (χ0v) is 19.2. The number of nitrogens with zero attached hydrogens (tertiary/aromatic N) is 1. The second kappa shape index (κ2) is 9.35. The Hall–Kier alpha value is -4.20.